The predicted molar refractivity (Wildman–Crippen MR) is 79.7 cm³/mol. The lowest BCUT2D eigenvalue weighted by Gasteiger charge is -2.21. The van der Waals surface area contributed by atoms with Crippen LogP contribution in [0.5, 0.6) is 0 Å². The van der Waals surface area contributed by atoms with Gasteiger partial charge in [0, 0.05) is 16.9 Å². The summed E-state index contributed by atoms with van der Waals surface area (Å²) in [6.07, 6.45) is 4.96. The lowest BCUT2D eigenvalue weighted by Crippen LogP contribution is -2.26. The third-order valence-corrected chi connectivity index (χ3v) is 5.36. The lowest BCUT2D eigenvalue weighted by atomic mass is 10.1. The molecule has 1 aromatic heterocycles. The number of hydrogen-bond acceptors (Lipinski definition) is 3. The van der Waals surface area contributed by atoms with E-state index in [1.807, 2.05) is 11.3 Å². The van der Waals surface area contributed by atoms with Crippen LogP contribution in [0.1, 0.15) is 46.3 Å². The van der Waals surface area contributed by atoms with E-state index in [4.69, 9.17) is 4.98 Å². The van der Waals surface area contributed by atoms with Gasteiger partial charge in [0.25, 0.3) is 0 Å². The molecule has 0 radical (unpaired) electrons. The van der Waals surface area contributed by atoms with Crippen LogP contribution in [-0.4, -0.2) is 11.5 Å². The standard InChI is InChI=1S/C16H18N2S/c1-10-5-6-11-9-14-15(12(11)8-10)18-16(19-14)13-4-2-3-7-17-13/h5-6,8,13,17H,2-4,7,9H2,1H3. The topological polar surface area (TPSA) is 24.9 Å². The molecule has 2 heterocycles. The molecule has 1 fully saturated rings. The molecule has 1 aromatic carbocycles. The van der Waals surface area contributed by atoms with Crippen molar-refractivity contribution in [1.82, 2.24) is 10.3 Å². The Balaban J connectivity index is 1.72. The van der Waals surface area contributed by atoms with Gasteiger partial charge in [-0.1, -0.05) is 24.1 Å². The molecule has 19 heavy (non-hydrogen) atoms. The molecule has 1 N–H and O–H groups in total. The lowest BCUT2D eigenvalue weighted by molar-refractivity contribution is 0.411. The Kier molecular flexibility index (Phi) is 2.71. The SMILES string of the molecule is Cc1ccc2c(c1)-c1nc(C3CCCCN3)sc1C2. The Morgan fingerprint density at radius 3 is 3.11 bits per heavy atom. The van der Waals surface area contributed by atoms with E-state index in [0.717, 1.165) is 13.0 Å². The van der Waals surface area contributed by atoms with Crippen LogP contribution in [0.15, 0.2) is 18.2 Å². The Bertz CT molecular complexity index is 624. The zero-order valence-corrected chi connectivity index (χ0v) is 12.0. The smallest absolute Gasteiger partial charge is 0.111 e. The van der Waals surface area contributed by atoms with Gasteiger partial charge in [-0.15, -0.1) is 11.3 Å². The van der Waals surface area contributed by atoms with Crippen LogP contribution < -0.4 is 5.32 Å². The van der Waals surface area contributed by atoms with E-state index in [1.165, 1.54) is 51.5 Å². The van der Waals surface area contributed by atoms with Crippen molar-refractivity contribution in [1.29, 1.82) is 0 Å². The quantitative estimate of drug-likeness (QED) is 0.727. The molecule has 1 saturated heterocycles. The van der Waals surface area contributed by atoms with Crippen molar-refractivity contribution in [2.24, 2.45) is 0 Å². The van der Waals surface area contributed by atoms with Crippen LogP contribution in [0, 0.1) is 6.92 Å². The highest BCUT2D eigenvalue weighted by atomic mass is 32.1. The fourth-order valence-electron chi connectivity index (χ4n) is 3.15. The van der Waals surface area contributed by atoms with Crippen LogP contribution >= 0.6 is 11.3 Å². The van der Waals surface area contributed by atoms with Crippen molar-refractivity contribution in [3.05, 3.63) is 39.2 Å². The Morgan fingerprint density at radius 1 is 1.32 bits per heavy atom. The highest BCUT2D eigenvalue weighted by molar-refractivity contribution is 7.12. The van der Waals surface area contributed by atoms with E-state index in [1.54, 1.807) is 0 Å². The monoisotopic (exact) mass is 270 g/mol. The Hall–Kier alpha value is -1.19. The minimum Gasteiger partial charge on any atom is -0.308 e. The number of hydrogen-bond donors (Lipinski definition) is 1. The molecular weight excluding hydrogens is 252 g/mol. The third-order valence-electron chi connectivity index (χ3n) is 4.19. The largest absolute Gasteiger partial charge is 0.308 e. The summed E-state index contributed by atoms with van der Waals surface area (Å²) in [5, 5.41) is 4.91. The van der Waals surface area contributed by atoms with Gasteiger partial charge >= 0.3 is 0 Å². The maximum atomic E-state index is 4.95. The minimum atomic E-state index is 0.498. The normalized spacial score (nSPS) is 21.2. The summed E-state index contributed by atoms with van der Waals surface area (Å²) in [6.45, 7) is 3.30. The molecule has 2 nitrogen and oxygen atoms in total. The van der Waals surface area contributed by atoms with Crippen LogP contribution in [-0.2, 0) is 6.42 Å². The second-order valence-electron chi connectivity index (χ2n) is 5.66. The predicted octanol–water partition coefficient (Wildman–Crippen LogP) is 3.84. The first-order valence-corrected chi connectivity index (χ1v) is 7.96. The summed E-state index contributed by atoms with van der Waals surface area (Å²) >= 11 is 1.92. The summed E-state index contributed by atoms with van der Waals surface area (Å²) in [7, 11) is 0. The van der Waals surface area contributed by atoms with Crippen molar-refractivity contribution in [3.63, 3.8) is 0 Å². The molecule has 98 valence electrons. The van der Waals surface area contributed by atoms with Crippen molar-refractivity contribution in [3.8, 4) is 11.3 Å². The fourth-order valence-corrected chi connectivity index (χ4v) is 4.36. The highest BCUT2D eigenvalue weighted by Gasteiger charge is 2.26. The van der Waals surface area contributed by atoms with Crippen LogP contribution in [0.3, 0.4) is 0 Å². The highest BCUT2D eigenvalue weighted by Crippen LogP contribution is 2.41. The van der Waals surface area contributed by atoms with E-state index in [-0.39, 0.29) is 0 Å². The summed E-state index contributed by atoms with van der Waals surface area (Å²) in [4.78, 5) is 6.41. The van der Waals surface area contributed by atoms with Gasteiger partial charge in [-0.2, -0.15) is 0 Å². The summed E-state index contributed by atoms with van der Waals surface area (Å²) in [5.74, 6) is 0. The van der Waals surface area contributed by atoms with Crippen molar-refractivity contribution in [2.45, 2.75) is 38.6 Å². The summed E-state index contributed by atoms with van der Waals surface area (Å²) in [5.41, 5.74) is 5.40. The van der Waals surface area contributed by atoms with Gasteiger partial charge in [-0.05, 0) is 37.9 Å². The maximum absolute atomic E-state index is 4.95. The Labute approximate surface area is 117 Å². The average molecular weight is 270 g/mol. The molecule has 3 heteroatoms. The number of piperidine rings is 1. The van der Waals surface area contributed by atoms with Crippen LogP contribution in [0.4, 0.5) is 0 Å². The van der Waals surface area contributed by atoms with E-state index >= 15 is 0 Å². The molecule has 1 aliphatic heterocycles. The third kappa shape index (κ3) is 1.92. The molecule has 0 amide bonds. The average Bonchev–Trinajstić information content (AvgIpc) is 2.98. The molecule has 1 unspecified atom stereocenters. The zero-order chi connectivity index (χ0) is 12.8. The number of fused-ring (bicyclic) bond motifs is 3. The van der Waals surface area contributed by atoms with Crippen LogP contribution in [0.2, 0.25) is 0 Å². The number of nitrogens with one attached hydrogen (secondary N) is 1. The summed E-state index contributed by atoms with van der Waals surface area (Å²) < 4.78 is 0. The minimum absolute atomic E-state index is 0.498. The van der Waals surface area contributed by atoms with E-state index in [9.17, 15) is 0 Å². The van der Waals surface area contributed by atoms with Gasteiger partial charge in [-0.3, -0.25) is 0 Å². The fraction of sp³-hybridized carbons (Fsp3) is 0.438. The molecular formula is C16H18N2S. The molecule has 2 aromatic rings. The number of rotatable bonds is 1. The van der Waals surface area contributed by atoms with Gasteiger partial charge in [0.05, 0.1) is 11.7 Å². The molecule has 0 bridgehead atoms. The van der Waals surface area contributed by atoms with Crippen molar-refractivity contribution in [2.75, 3.05) is 6.54 Å². The number of aromatic nitrogens is 1. The summed E-state index contributed by atoms with van der Waals surface area (Å²) in [6, 6.07) is 7.26. The second-order valence-corrected chi connectivity index (χ2v) is 6.78. The molecule has 4 rings (SSSR count). The van der Waals surface area contributed by atoms with Gasteiger partial charge in [-0.25, -0.2) is 4.98 Å². The van der Waals surface area contributed by atoms with Gasteiger partial charge in [0.2, 0.25) is 0 Å². The van der Waals surface area contributed by atoms with E-state index in [0.29, 0.717) is 6.04 Å². The second kappa shape index (κ2) is 4.43. The van der Waals surface area contributed by atoms with Crippen LogP contribution in [0.25, 0.3) is 11.3 Å². The molecule has 0 spiro atoms. The molecule has 0 saturated carbocycles. The van der Waals surface area contributed by atoms with E-state index in [2.05, 4.69) is 30.4 Å². The first-order valence-electron chi connectivity index (χ1n) is 7.14. The van der Waals surface area contributed by atoms with Crippen molar-refractivity contribution < 1.29 is 0 Å². The number of aryl methyl sites for hydroxylation is 1. The number of thiazole rings is 1. The molecule has 2 aliphatic rings. The first kappa shape index (κ1) is 11.6. The van der Waals surface area contributed by atoms with Gasteiger partial charge < -0.3 is 5.32 Å². The zero-order valence-electron chi connectivity index (χ0n) is 11.2. The first-order chi connectivity index (χ1) is 9.31. The number of benzene rings is 1. The molecule has 1 atom stereocenters. The Morgan fingerprint density at radius 2 is 2.26 bits per heavy atom. The molecule has 1 aliphatic carbocycles. The van der Waals surface area contributed by atoms with Crippen molar-refractivity contribution >= 4 is 11.3 Å². The van der Waals surface area contributed by atoms with E-state index < -0.39 is 0 Å². The number of nitrogens with zero attached hydrogens (tertiary/aromatic N) is 1. The van der Waals surface area contributed by atoms with Gasteiger partial charge in [0.1, 0.15) is 5.01 Å². The maximum Gasteiger partial charge on any atom is 0.111 e. The van der Waals surface area contributed by atoms with Gasteiger partial charge in [0.15, 0.2) is 0 Å².